The van der Waals surface area contributed by atoms with Crippen molar-refractivity contribution in [3.63, 3.8) is 0 Å². The summed E-state index contributed by atoms with van der Waals surface area (Å²) < 4.78 is 18.3. The average molecular weight is 396 g/mol. The van der Waals surface area contributed by atoms with Crippen LogP contribution in [0.1, 0.15) is 5.56 Å². The Labute approximate surface area is 168 Å². The number of halogens is 1. The number of ether oxygens (including phenoxy) is 1. The Morgan fingerprint density at radius 3 is 2.28 bits per heavy atom. The molecule has 0 aromatic heterocycles. The van der Waals surface area contributed by atoms with Crippen molar-refractivity contribution in [3.05, 3.63) is 59.9 Å². The summed E-state index contributed by atoms with van der Waals surface area (Å²) >= 11 is 0. The van der Waals surface area contributed by atoms with E-state index in [0.29, 0.717) is 37.4 Å². The summed E-state index contributed by atoms with van der Waals surface area (Å²) in [5.41, 5.74) is 1.99. The smallest absolute Gasteiger partial charge is 0.250 e. The highest BCUT2D eigenvalue weighted by molar-refractivity contribution is 5.92. The predicted molar refractivity (Wildman–Crippen MR) is 106 cm³/mol. The molecule has 2 amide bonds. The maximum Gasteiger partial charge on any atom is 0.250 e. The van der Waals surface area contributed by atoms with Crippen LogP contribution in [0, 0.1) is 17.1 Å². The van der Waals surface area contributed by atoms with E-state index in [1.807, 2.05) is 6.07 Å². The van der Waals surface area contributed by atoms with Gasteiger partial charge in [-0.05, 0) is 48.5 Å². The van der Waals surface area contributed by atoms with Gasteiger partial charge in [0, 0.05) is 37.6 Å². The molecule has 0 spiro atoms. The molecule has 0 saturated carbocycles. The third-order valence-electron chi connectivity index (χ3n) is 4.58. The van der Waals surface area contributed by atoms with Crippen LogP contribution < -0.4 is 10.2 Å². The van der Waals surface area contributed by atoms with E-state index in [1.165, 1.54) is 12.1 Å². The van der Waals surface area contributed by atoms with Crippen molar-refractivity contribution in [2.24, 2.45) is 0 Å². The molecule has 2 aromatic carbocycles. The number of carbonyl (C=O) groups is 2. The van der Waals surface area contributed by atoms with Crippen LogP contribution in [0.2, 0.25) is 0 Å². The first-order valence-electron chi connectivity index (χ1n) is 9.21. The number of amides is 2. The molecule has 0 bridgehead atoms. The lowest BCUT2D eigenvalue weighted by atomic mass is 10.2. The van der Waals surface area contributed by atoms with E-state index in [2.05, 4.69) is 10.2 Å². The van der Waals surface area contributed by atoms with Crippen LogP contribution in [-0.2, 0) is 14.3 Å². The quantitative estimate of drug-likeness (QED) is 0.807. The Bertz CT molecular complexity index is 886. The Morgan fingerprint density at radius 2 is 1.66 bits per heavy atom. The molecular formula is C21H21FN4O3. The molecule has 0 radical (unpaired) electrons. The lowest BCUT2D eigenvalue weighted by molar-refractivity contribution is -0.137. The number of nitriles is 1. The Morgan fingerprint density at radius 1 is 1.00 bits per heavy atom. The van der Waals surface area contributed by atoms with Gasteiger partial charge in [0.05, 0.1) is 11.6 Å². The monoisotopic (exact) mass is 396 g/mol. The van der Waals surface area contributed by atoms with E-state index in [-0.39, 0.29) is 30.8 Å². The van der Waals surface area contributed by atoms with Crippen molar-refractivity contribution in [1.29, 1.82) is 5.26 Å². The molecule has 3 rings (SSSR count). The van der Waals surface area contributed by atoms with Crippen molar-refractivity contribution < 1.29 is 18.7 Å². The second kappa shape index (κ2) is 9.66. The van der Waals surface area contributed by atoms with Gasteiger partial charge in [-0.1, -0.05) is 0 Å². The highest BCUT2D eigenvalue weighted by Crippen LogP contribution is 2.17. The van der Waals surface area contributed by atoms with Gasteiger partial charge in [-0.25, -0.2) is 4.39 Å². The van der Waals surface area contributed by atoms with Gasteiger partial charge in [-0.15, -0.1) is 0 Å². The number of nitrogens with zero attached hydrogens (tertiary/aromatic N) is 3. The molecule has 29 heavy (non-hydrogen) atoms. The number of piperazine rings is 1. The first-order chi connectivity index (χ1) is 14.0. The fourth-order valence-electron chi connectivity index (χ4n) is 3.01. The van der Waals surface area contributed by atoms with E-state index in [4.69, 9.17) is 10.00 Å². The van der Waals surface area contributed by atoms with Gasteiger partial charge in [0.15, 0.2) is 0 Å². The molecule has 2 aromatic rings. The van der Waals surface area contributed by atoms with Crippen LogP contribution in [0.4, 0.5) is 15.8 Å². The molecule has 1 saturated heterocycles. The standard InChI is InChI=1S/C21H21FN4O3/c22-17-3-7-19(8-4-17)25-9-11-26(12-10-25)21(28)15-29-14-20(27)24-18-5-1-16(13-23)2-6-18/h1-8H,9-12,14-15H2,(H,24,27). The number of hydrogen-bond donors (Lipinski definition) is 1. The van der Waals surface area contributed by atoms with Crippen LogP contribution in [0.25, 0.3) is 0 Å². The number of hydrogen-bond acceptors (Lipinski definition) is 5. The van der Waals surface area contributed by atoms with Crippen LogP contribution in [0.3, 0.4) is 0 Å². The van der Waals surface area contributed by atoms with Gasteiger partial charge < -0.3 is 19.9 Å². The second-order valence-electron chi connectivity index (χ2n) is 6.57. The summed E-state index contributed by atoms with van der Waals surface area (Å²) in [5, 5.41) is 11.4. The molecule has 1 fully saturated rings. The highest BCUT2D eigenvalue weighted by atomic mass is 19.1. The maximum atomic E-state index is 13.0. The van der Waals surface area contributed by atoms with E-state index in [9.17, 15) is 14.0 Å². The lowest BCUT2D eigenvalue weighted by Gasteiger charge is -2.36. The predicted octanol–water partition coefficient (Wildman–Crippen LogP) is 2.00. The van der Waals surface area contributed by atoms with Crippen molar-refractivity contribution in [1.82, 2.24) is 4.90 Å². The fraction of sp³-hybridized carbons (Fsp3) is 0.286. The average Bonchev–Trinajstić information content (AvgIpc) is 2.75. The topological polar surface area (TPSA) is 85.7 Å². The molecule has 8 heteroatoms. The summed E-state index contributed by atoms with van der Waals surface area (Å²) in [4.78, 5) is 27.9. The van der Waals surface area contributed by atoms with Crippen molar-refractivity contribution in [3.8, 4) is 6.07 Å². The third-order valence-corrected chi connectivity index (χ3v) is 4.58. The number of rotatable bonds is 6. The summed E-state index contributed by atoms with van der Waals surface area (Å²) in [6.45, 7) is 1.97. The summed E-state index contributed by atoms with van der Waals surface area (Å²) in [6, 6.07) is 14.8. The lowest BCUT2D eigenvalue weighted by Crippen LogP contribution is -2.49. The molecule has 1 heterocycles. The zero-order valence-corrected chi connectivity index (χ0v) is 15.8. The van der Waals surface area contributed by atoms with E-state index >= 15 is 0 Å². The molecular weight excluding hydrogens is 375 g/mol. The minimum atomic E-state index is -0.372. The van der Waals surface area contributed by atoms with Crippen molar-refractivity contribution in [2.45, 2.75) is 0 Å². The van der Waals surface area contributed by atoms with E-state index in [1.54, 1.807) is 41.3 Å². The van der Waals surface area contributed by atoms with Crippen LogP contribution in [0.5, 0.6) is 0 Å². The summed E-state index contributed by atoms with van der Waals surface area (Å²) in [7, 11) is 0. The molecule has 1 aliphatic rings. The van der Waals surface area contributed by atoms with Crippen LogP contribution in [-0.4, -0.2) is 56.1 Å². The highest BCUT2D eigenvalue weighted by Gasteiger charge is 2.21. The van der Waals surface area contributed by atoms with Gasteiger partial charge in [0.1, 0.15) is 19.0 Å². The number of anilines is 2. The van der Waals surface area contributed by atoms with Gasteiger partial charge in [0.25, 0.3) is 0 Å². The number of nitrogens with one attached hydrogen (secondary N) is 1. The molecule has 1 aliphatic heterocycles. The Balaban J connectivity index is 1.37. The minimum Gasteiger partial charge on any atom is -0.368 e. The zero-order chi connectivity index (χ0) is 20.6. The zero-order valence-electron chi connectivity index (χ0n) is 15.8. The van der Waals surface area contributed by atoms with Gasteiger partial charge in [-0.2, -0.15) is 5.26 Å². The molecule has 0 unspecified atom stereocenters. The number of carbonyl (C=O) groups excluding carboxylic acids is 2. The first-order valence-corrected chi connectivity index (χ1v) is 9.21. The van der Waals surface area contributed by atoms with Crippen LogP contribution >= 0.6 is 0 Å². The SMILES string of the molecule is N#Cc1ccc(NC(=O)COCC(=O)N2CCN(c3ccc(F)cc3)CC2)cc1. The summed E-state index contributed by atoms with van der Waals surface area (Å²) in [5.74, 6) is -0.818. The van der Waals surface area contributed by atoms with Crippen LogP contribution in [0.15, 0.2) is 48.5 Å². The largest absolute Gasteiger partial charge is 0.368 e. The second-order valence-corrected chi connectivity index (χ2v) is 6.57. The molecule has 0 aliphatic carbocycles. The normalized spacial score (nSPS) is 13.7. The molecule has 1 N–H and O–H groups in total. The molecule has 0 atom stereocenters. The van der Waals surface area contributed by atoms with E-state index < -0.39 is 0 Å². The fourth-order valence-corrected chi connectivity index (χ4v) is 3.01. The Hall–Kier alpha value is -3.44. The van der Waals surface area contributed by atoms with E-state index in [0.717, 1.165) is 5.69 Å². The summed E-state index contributed by atoms with van der Waals surface area (Å²) in [6.07, 6.45) is 0. The molecule has 150 valence electrons. The number of benzene rings is 2. The molecule has 7 nitrogen and oxygen atoms in total. The van der Waals surface area contributed by atoms with Gasteiger partial charge >= 0.3 is 0 Å². The van der Waals surface area contributed by atoms with Crippen molar-refractivity contribution >= 4 is 23.2 Å². The van der Waals surface area contributed by atoms with Gasteiger partial charge in [0.2, 0.25) is 11.8 Å². The third kappa shape index (κ3) is 5.77. The Kier molecular flexibility index (Phi) is 6.76. The maximum absolute atomic E-state index is 13.0. The minimum absolute atomic E-state index is 0.169. The van der Waals surface area contributed by atoms with Crippen molar-refractivity contribution in [2.75, 3.05) is 49.6 Å². The van der Waals surface area contributed by atoms with Gasteiger partial charge in [-0.3, -0.25) is 9.59 Å². The first kappa shape index (κ1) is 20.3.